The van der Waals surface area contributed by atoms with Crippen LogP contribution in [0.2, 0.25) is 0 Å². The fourth-order valence-corrected chi connectivity index (χ4v) is 3.70. The Labute approximate surface area is 133 Å². The summed E-state index contributed by atoms with van der Waals surface area (Å²) in [5, 5.41) is 4.43. The average molecular weight is 298 g/mol. The highest BCUT2D eigenvalue weighted by molar-refractivity contribution is 7.84. The number of nitrogens with one attached hydrogen (secondary N) is 2. The van der Waals surface area contributed by atoms with E-state index in [9.17, 15) is 0 Å². The molecule has 0 aliphatic carbocycles. The molecule has 2 heterocycles. The molecule has 0 atom stereocenters. The highest BCUT2D eigenvalue weighted by Crippen LogP contribution is 2.34. The van der Waals surface area contributed by atoms with E-state index in [1.807, 2.05) is 0 Å². The maximum absolute atomic E-state index is 6.29. The van der Waals surface area contributed by atoms with Crippen LogP contribution in [0.4, 0.5) is 0 Å². The number of rotatable bonds is 1. The number of fused-ring (bicyclic) bond motifs is 1. The van der Waals surface area contributed by atoms with Crippen LogP contribution in [-0.4, -0.2) is 33.8 Å². The van der Waals surface area contributed by atoms with E-state index in [2.05, 4.69) is 42.5 Å². The number of benzene rings is 1. The third-order valence-electron chi connectivity index (χ3n) is 4.26. The molecule has 0 spiro atoms. The molecule has 0 unspecified atom stereocenters. The van der Waals surface area contributed by atoms with Crippen LogP contribution in [0.3, 0.4) is 0 Å². The summed E-state index contributed by atoms with van der Waals surface area (Å²) >= 11 is 8.89. The molecule has 1 aliphatic heterocycles. The number of aryl methyl sites for hydroxylation is 1. The molecular formula is C14H16B2N2S2. The monoisotopic (exact) mass is 298 g/mol. The lowest BCUT2D eigenvalue weighted by Gasteiger charge is -2.24. The SMILES string of the molecule is [B]c1c(S)c(S)c([B])c2c(C3CCNCC3)c(C)[nH]c12. The molecule has 100 valence electrons. The maximum Gasteiger partial charge on any atom is 0.118 e. The van der Waals surface area contributed by atoms with E-state index in [4.69, 9.17) is 15.7 Å². The Kier molecular flexibility index (Phi) is 3.91. The van der Waals surface area contributed by atoms with Gasteiger partial charge < -0.3 is 10.3 Å². The molecule has 2 N–H and O–H groups in total. The Morgan fingerprint density at radius 2 is 1.65 bits per heavy atom. The highest BCUT2D eigenvalue weighted by Gasteiger charge is 2.24. The fourth-order valence-electron chi connectivity index (χ4n) is 3.23. The lowest BCUT2D eigenvalue weighted by molar-refractivity contribution is 0.461. The number of thiol groups is 2. The summed E-state index contributed by atoms with van der Waals surface area (Å²) in [5.41, 5.74) is 4.66. The molecule has 0 saturated carbocycles. The van der Waals surface area contributed by atoms with Crippen molar-refractivity contribution in [1.82, 2.24) is 10.3 Å². The predicted octanol–water partition coefficient (Wildman–Crippen LogP) is 1.11. The van der Waals surface area contributed by atoms with Gasteiger partial charge in [0.1, 0.15) is 15.7 Å². The molecule has 2 nitrogen and oxygen atoms in total. The first-order valence-electron chi connectivity index (χ1n) is 6.84. The molecule has 1 aromatic heterocycles. The van der Waals surface area contributed by atoms with E-state index in [1.165, 1.54) is 5.56 Å². The van der Waals surface area contributed by atoms with Gasteiger partial charge in [-0.15, -0.1) is 25.3 Å². The van der Waals surface area contributed by atoms with Gasteiger partial charge in [-0.1, -0.05) is 10.9 Å². The molecule has 0 bridgehead atoms. The second kappa shape index (κ2) is 5.39. The minimum Gasteiger partial charge on any atom is -0.359 e. The first kappa shape index (κ1) is 14.5. The van der Waals surface area contributed by atoms with Crippen molar-refractivity contribution in [3.63, 3.8) is 0 Å². The standard InChI is InChI=1S/C14H16B2N2S2/c1-6-8(7-2-4-17-5-3-7)9-10(15)13(19)14(20)11(16)12(9)18-6/h7,17-20H,2-5H2,1H3. The van der Waals surface area contributed by atoms with Crippen LogP contribution in [-0.2, 0) is 0 Å². The van der Waals surface area contributed by atoms with Gasteiger partial charge in [0.25, 0.3) is 0 Å². The van der Waals surface area contributed by atoms with E-state index in [1.54, 1.807) is 0 Å². The van der Waals surface area contributed by atoms with Crippen molar-refractivity contribution in [3.8, 4) is 0 Å². The summed E-state index contributed by atoms with van der Waals surface area (Å²) in [6, 6.07) is 0. The smallest absolute Gasteiger partial charge is 0.118 e. The first-order valence-corrected chi connectivity index (χ1v) is 7.73. The van der Waals surface area contributed by atoms with Crippen LogP contribution >= 0.6 is 25.3 Å². The zero-order valence-electron chi connectivity index (χ0n) is 11.5. The van der Waals surface area contributed by atoms with Gasteiger partial charge in [-0.05, 0) is 49.7 Å². The van der Waals surface area contributed by atoms with E-state index < -0.39 is 0 Å². The number of aromatic amines is 1. The number of piperidine rings is 1. The third kappa shape index (κ3) is 2.13. The van der Waals surface area contributed by atoms with Crippen LogP contribution in [0.5, 0.6) is 0 Å². The van der Waals surface area contributed by atoms with Crippen molar-refractivity contribution in [2.75, 3.05) is 13.1 Å². The van der Waals surface area contributed by atoms with Crippen LogP contribution in [0.15, 0.2) is 9.79 Å². The van der Waals surface area contributed by atoms with Gasteiger partial charge in [0.2, 0.25) is 0 Å². The molecule has 20 heavy (non-hydrogen) atoms. The second-order valence-electron chi connectivity index (χ2n) is 5.46. The fraction of sp³-hybridized carbons (Fsp3) is 0.429. The molecule has 1 fully saturated rings. The van der Waals surface area contributed by atoms with E-state index in [0.29, 0.717) is 26.6 Å². The topological polar surface area (TPSA) is 27.8 Å². The largest absolute Gasteiger partial charge is 0.359 e. The molecule has 1 saturated heterocycles. The van der Waals surface area contributed by atoms with Gasteiger partial charge in [0.05, 0.1) is 0 Å². The van der Waals surface area contributed by atoms with Crippen molar-refractivity contribution in [3.05, 3.63) is 11.3 Å². The van der Waals surface area contributed by atoms with Crippen molar-refractivity contribution in [1.29, 1.82) is 0 Å². The normalized spacial score (nSPS) is 16.9. The molecule has 1 aliphatic rings. The van der Waals surface area contributed by atoms with Gasteiger partial charge in [0.15, 0.2) is 0 Å². The molecule has 1 aromatic carbocycles. The van der Waals surface area contributed by atoms with Gasteiger partial charge in [-0.3, -0.25) is 0 Å². The zero-order chi connectivity index (χ0) is 14.4. The van der Waals surface area contributed by atoms with Crippen LogP contribution in [0.25, 0.3) is 10.9 Å². The van der Waals surface area contributed by atoms with Gasteiger partial charge in [-0.25, -0.2) is 0 Å². The number of aromatic nitrogens is 1. The van der Waals surface area contributed by atoms with Crippen LogP contribution in [0.1, 0.15) is 30.0 Å². The predicted molar refractivity (Wildman–Crippen MR) is 93.2 cm³/mol. The summed E-state index contributed by atoms with van der Waals surface area (Å²) in [7, 11) is 12.5. The van der Waals surface area contributed by atoms with E-state index in [-0.39, 0.29) is 0 Å². The van der Waals surface area contributed by atoms with E-state index >= 15 is 0 Å². The van der Waals surface area contributed by atoms with Gasteiger partial charge >= 0.3 is 0 Å². The molecule has 3 rings (SSSR count). The number of hydrogen-bond donors (Lipinski definition) is 4. The molecule has 0 amide bonds. The summed E-state index contributed by atoms with van der Waals surface area (Å²) in [6.07, 6.45) is 2.25. The molecular weight excluding hydrogens is 282 g/mol. The van der Waals surface area contributed by atoms with Crippen molar-refractivity contribution in [2.24, 2.45) is 0 Å². The number of H-pyrrole nitrogens is 1. The Hall–Kier alpha value is -0.450. The minimum atomic E-state index is 0.519. The highest BCUT2D eigenvalue weighted by atomic mass is 32.1. The van der Waals surface area contributed by atoms with Crippen molar-refractivity contribution < 1.29 is 0 Å². The molecule has 6 heteroatoms. The van der Waals surface area contributed by atoms with Gasteiger partial charge in [0, 0.05) is 21.0 Å². The van der Waals surface area contributed by atoms with E-state index in [0.717, 1.165) is 42.5 Å². The Morgan fingerprint density at radius 1 is 1.05 bits per heavy atom. The summed E-state index contributed by atoms with van der Waals surface area (Å²) in [4.78, 5) is 4.72. The minimum absolute atomic E-state index is 0.519. The second-order valence-corrected chi connectivity index (χ2v) is 6.36. The summed E-state index contributed by atoms with van der Waals surface area (Å²) < 4.78 is 0. The number of hydrogen-bond acceptors (Lipinski definition) is 3. The van der Waals surface area contributed by atoms with Crippen molar-refractivity contribution in [2.45, 2.75) is 35.5 Å². The Morgan fingerprint density at radius 3 is 2.30 bits per heavy atom. The third-order valence-corrected chi connectivity index (χ3v) is 5.36. The Balaban J connectivity index is 2.29. The maximum atomic E-state index is 6.29. The summed E-state index contributed by atoms with van der Waals surface area (Å²) in [5.74, 6) is 0.519. The molecule has 4 radical (unpaired) electrons. The van der Waals surface area contributed by atoms with Gasteiger partial charge in [-0.2, -0.15) is 0 Å². The quantitative estimate of drug-likeness (QED) is 0.461. The average Bonchev–Trinajstić information content (AvgIpc) is 2.81. The Bertz CT molecular complexity index is 676. The lowest BCUT2D eigenvalue weighted by atomic mass is 9.80. The zero-order valence-corrected chi connectivity index (χ0v) is 13.2. The van der Waals surface area contributed by atoms with Crippen LogP contribution < -0.4 is 16.2 Å². The first-order chi connectivity index (χ1) is 9.52. The van der Waals surface area contributed by atoms with Crippen LogP contribution in [0, 0.1) is 6.92 Å². The lowest BCUT2D eigenvalue weighted by Crippen LogP contribution is -2.27. The molecule has 2 aromatic rings. The van der Waals surface area contributed by atoms with Crippen molar-refractivity contribution >= 4 is 62.8 Å². The summed E-state index contributed by atoms with van der Waals surface area (Å²) in [6.45, 7) is 4.18.